The highest BCUT2D eigenvalue weighted by Gasteiger charge is 2.10. The summed E-state index contributed by atoms with van der Waals surface area (Å²) in [5.41, 5.74) is 0.880. The van der Waals surface area contributed by atoms with Gasteiger partial charge in [-0.1, -0.05) is 17.7 Å². The van der Waals surface area contributed by atoms with Crippen molar-refractivity contribution in [1.29, 1.82) is 0 Å². The SMILES string of the molecule is O=C(NCc1nnc2ccccn12)c1cncc(Cl)n1. The smallest absolute Gasteiger partial charge is 0.271 e. The molecule has 1 amide bonds. The summed E-state index contributed by atoms with van der Waals surface area (Å²) < 4.78 is 1.80. The molecule has 3 aromatic heterocycles. The van der Waals surface area contributed by atoms with Crippen LogP contribution in [0, 0.1) is 0 Å². The van der Waals surface area contributed by atoms with Crippen molar-refractivity contribution in [1.82, 2.24) is 29.9 Å². The molecule has 3 aromatic rings. The molecule has 8 heteroatoms. The van der Waals surface area contributed by atoms with Crippen LogP contribution in [0.5, 0.6) is 0 Å². The van der Waals surface area contributed by atoms with Gasteiger partial charge in [-0.15, -0.1) is 10.2 Å². The number of halogens is 1. The normalized spacial score (nSPS) is 10.7. The van der Waals surface area contributed by atoms with E-state index in [4.69, 9.17) is 11.6 Å². The van der Waals surface area contributed by atoms with Gasteiger partial charge in [0.2, 0.25) is 0 Å². The van der Waals surface area contributed by atoms with Crippen molar-refractivity contribution in [3.05, 3.63) is 53.5 Å². The summed E-state index contributed by atoms with van der Waals surface area (Å²) in [7, 11) is 0. The second kappa shape index (κ2) is 5.22. The first-order valence-corrected chi connectivity index (χ1v) is 6.16. The Balaban J connectivity index is 1.75. The second-order valence-corrected chi connectivity index (χ2v) is 4.34. The summed E-state index contributed by atoms with van der Waals surface area (Å²) in [6, 6.07) is 5.57. The van der Waals surface area contributed by atoms with Gasteiger partial charge in [-0.3, -0.25) is 14.2 Å². The predicted molar refractivity (Wildman–Crippen MR) is 71.2 cm³/mol. The number of fused-ring (bicyclic) bond motifs is 1. The highest BCUT2D eigenvalue weighted by Crippen LogP contribution is 2.04. The summed E-state index contributed by atoms with van der Waals surface area (Å²) >= 11 is 5.69. The van der Waals surface area contributed by atoms with Gasteiger partial charge in [0.1, 0.15) is 10.8 Å². The van der Waals surface area contributed by atoms with E-state index < -0.39 is 0 Å². The molecule has 0 radical (unpaired) electrons. The Hall–Kier alpha value is -2.54. The van der Waals surface area contributed by atoms with E-state index in [9.17, 15) is 4.79 Å². The average molecular weight is 289 g/mol. The van der Waals surface area contributed by atoms with Crippen molar-refractivity contribution in [2.45, 2.75) is 6.54 Å². The molecular weight excluding hydrogens is 280 g/mol. The minimum Gasteiger partial charge on any atom is -0.343 e. The third-order valence-electron chi connectivity index (χ3n) is 2.63. The topological polar surface area (TPSA) is 85.1 Å². The van der Waals surface area contributed by atoms with E-state index in [0.717, 1.165) is 5.65 Å². The Bertz CT molecular complexity index is 771. The molecular formula is C12H9ClN6O. The lowest BCUT2D eigenvalue weighted by Crippen LogP contribution is -2.25. The molecule has 0 saturated carbocycles. The highest BCUT2D eigenvalue weighted by molar-refractivity contribution is 6.29. The van der Waals surface area contributed by atoms with Crippen LogP contribution in [0.25, 0.3) is 5.65 Å². The average Bonchev–Trinajstić information content (AvgIpc) is 2.88. The third kappa shape index (κ3) is 2.43. The van der Waals surface area contributed by atoms with Gasteiger partial charge < -0.3 is 5.32 Å². The minimum absolute atomic E-state index is 0.159. The molecule has 1 N–H and O–H groups in total. The van der Waals surface area contributed by atoms with Crippen molar-refractivity contribution in [3.8, 4) is 0 Å². The lowest BCUT2D eigenvalue weighted by Gasteiger charge is -2.03. The fourth-order valence-corrected chi connectivity index (χ4v) is 1.86. The van der Waals surface area contributed by atoms with Gasteiger partial charge in [0.05, 0.1) is 18.9 Å². The molecule has 100 valence electrons. The van der Waals surface area contributed by atoms with Crippen molar-refractivity contribution in [2.75, 3.05) is 0 Å². The quantitative estimate of drug-likeness (QED) is 0.780. The molecule has 0 spiro atoms. The molecule has 0 saturated heterocycles. The van der Waals surface area contributed by atoms with Crippen LogP contribution >= 0.6 is 11.6 Å². The lowest BCUT2D eigenvalue weighted by molar-refractivity contribution is 0.0944. The van der Waals surface area contributed by atoms with Crippen molar-refractivity contribution >= 4 is 23.2 Å². The predicted octanol–water partition coefficient (Wildman–Crippen LogP) is 1.10. The van der Waals surface area contributed by atoms with Crippen LogP contribution in [0.1, 0.15) is 16.3 Å². The number of nitrogens with one attached hydrogen (secondary N) is 1. The zero-order chi connectivity index (χ0) is 13.9. The summed E-state index contributed by atoms with van der Waals surface area (Å²) in [4.78, 5) is 19.6. The largest absolute Gasteiger partial charge is 0.343 e. The standard InChI is InChI=1S/C12H9ClN6O/c13-9-6-14-5-8(16-9)12(20)15-7-11-18-17-10-3-1-2-4-19(10)11/h1-6H,7H2,(H,15,20). The second-order valence-electron chi connectivity index (χ2n) is 3.95. The molecule has 0 aromatic carbocycles. The lowest BCUT2D eigenvalue weighted by atomic mass is 10.4. The molecule has 3 heterocycles. The Morgan fingerprint density at radius 3 is 3.05 bits per heavy atom. The third-order valence-corrected chi connectivity index (χ3v) is 2.81. The molecule has 0 aliphatic rings. The number of amides is 1. The number of hydrogen-bond donors (Lipinski definition) is 1. The molecule has 7 nitrogen and oxygen atoms in total. The van der Waals surface area contributed by atoms with Crippen molar-refractivity contribution in [3.63, 3.8) is 0 Å². The first-order valence-electron chi connectivity index (χ1n) is 5.78. The van der Waals surface area contributed by atoms with Crippen molar-refractivity contribution < 1.29 is 4.79 Å². The number of hydrogen-bond acceptors (Lipinski definition) is 5. The zero-order valence-corrected chi connectivity index (χ0v) is 10.9. The van der Waals surface area contributed by atoms with Gasteiger partial charge in [0.15, 0.2) is 11.5 Å². The molecule has 3 rings (SSSR count). The summed E-state index contributed by atoms with van der Waals surface area (Å²) in [6.07, 6.45) is 4.55. The van der Waals surface area contributed by atoms with E-state index in [1.54, 1.807) is 4.40 Å². The Kier molecular flexibility index (Phi) is 3.26. The first kappa shape index (κ1) is 12.5. The fraction of sp³-hybridized carbons (Fsp3) is 0.0833. The molecule has 0 unspecified atom stereocenters. The van der Waals surface area contributed by atoms with E-state index in [1.807, 2.05) is 24.4 Å². The Labute approximate surface area is 118 Å². The first-order chi connectivity index (χ1) is 9.74. The fourth-order valence-electron chi connectivity index (χ4n) is 1.71. The maximum absolute atomic E-state index is 11.9. The number of rotatable bonds is 3. The summed E-state index contributed by atoms with van der Waals surface area (Å²) in [6.45, 7) is 0.234. The number of pyridine rings is 1. The number of carbonyl (C=O) groups is 1. The van der Waals surface area contributed by atoms with Crippen LogP contribution in [0.2, 0.25) is 5.15 Å². The summed E-state index contributed by atoms with van der Waals surface area (Å²) in [5, 5.41) is 10.9. The number of aromatic nitrogens is 5. The molecule has 20 heavy (non-hydrogen) atoms. The van der Waals surface area contributed by atoms with Crippen LogP contribution in [0.3, 0.4) is 0 Å². The van der Waals surface area contributed by atoms with E-state index >= 15 is 0 Å². The molecule has 0 atom stereocenters. The summed E-state index contributed by atoms with van der Waals surface area (Å²) in [5.74, 6) is 0.261. The van der Waals surface area contributed by atoms with Gasteiger partial charge in [0, 0.05) is 6.20 Å². The van der Waals surface area contributed by atoms with Crippen LogP contribution < -0.4 is 5.32 Å². The number of carbonyl (C=O) groups excluding carboxylic acids is 1. The molecule has 0 bridgehead atoms. The Morgan fingerprint density at radius 1 is 1.30 bits per heavy atom. The minimum atomic E-state index is -0.368. The van der Waals surface area contributed by atoms with Crippen LogP contribution in [0.4, 0.5) is 0 Å². The van der Waals surface area contributed by atoms with E-state index in [2.05, 4.69) is 25.5 Å². The Morgan fingerprint density at radius 2 is 2.20 bits per heavy atom. The van der Waals surface area contributed by atoms with Crippen molar-refractivity contribution in [2.24, 2.45) is 0 Å². The van der Waals surface area contributed by atoms with E-state index in [-0.39, 0.29) is 23.3 Å². The van der Waals surface area contributed by atoms with E-state index in [0.29, 0.717) is 5.82 Å². The van der Waals surface area contributed by atoms with Crippen LogP contribution in [0.15, 0.2) is 36.8 Å². The van der Waals surface area contributed by atoms with Crippen LogP contribution in [-0.4, -0.2) is 30.5 Å². The van der Waals surface area contributed by atoms with Gasteiger partial charge in [-0.25, -0.2) is 4.98 Å². The molecule has 0 fully saturated rings. The zero-order valence-electron chi connectivity index (χ0n) is 10.2. The number of nitrogens with zero attached hydrogens (tertiary/aromatic N) is 5. The monoisotopic (exact) mass is 288 g/mol. The van der Waals surface area contributed by atoms with Gasteiger partial charge in [-0.05, 0) is 12.1 Å². The van der Waals surface area contributed by atoms with Gasteiger partial charge in [0.25, 0.3) is 5.91 Å². The molecule has 0 aliphatic heterocycles. The van der Waals surface area contributed by atoms with E-state index in [1.165, 1.54) is 12.4 Å². The molecule has 0 aliphatic carbocycles. The maximum atomic E-state index is 11.9. The van der Waals surface area contributed by atoms with Gasteiger partial charge >= 0.3 is 0 Å². The highest BCUT2D eigenvalue weighted by atomic mass is 35.5. The van der Waals surface area contributed by atoms with Gasteiger partial charge in [-0.2, -0.15) is 0 Å². The van der Waals surface area contributed by atoms with Crippen LogP contribution in [-0.2, 0) is 6.54 Å². The maximum Gasteiger partial charge on any atom is 0.271 e.